The first-order valence-corrected chi connectivity index (χ1v) is 12.5. The number of carbonyl (C=O) groups excluding carboxylic acids is 2. The number of primary amides is 1. The fourth-order valence-electron chi connectivity index (χ4n) is 3.40. The molecule has 1 aromatic heterocycles. The third-order valence-corrected chi connectivity index (χ3v) is 7.02. The van der Waals surface area contributed by atoms with Gasteiger partial charge >= 0.3 is 7.60 Å². The van der Waals surface area contributed by atoms with Crippen LogP contribution < -0.4 is 11.1 Å². The molecule has 3 N–H and O–H groups in total. The van der Waals surface area contributed by atoms with Gasteiger partial charge in [0.05, 0.1) is 24.9 Å². The van der Waals surface area contributed by atoms with Gasteiger partial charge < -0.3 is 20.1 Å². The van der Waals surface area contributed by atoms with E-state index in [9.17, 15) is 14.2 Å². The molecule has 0 spiro atoms. The third-order valence-electron chi connectivity index (χ3n) is 4.96. The maximum Gasteiger partial charge on any atom is 0.335 e. The lowest BCUT2D eigenvalue weighted by Crippen LogP contribution is -2.46. The van der Waals surface area contributed by atoms with Crippen molar-refractivity contribution in [2.75, 3.05) is 13.2 Å². The lowest BCUT2D eigenvalue weighted by Gasteiger charge is -2.17. The van der Waals surface area contributed by atoms with Gasteiger partial charge in [-0.05, 0) is 43.7 Å². The Morgan fingerprint density at radius 1 is 1.00 bits per heavy atom. The Labute approximate surface area is 193 Å². The van der Waals surface area contributed by atoms with Crippen molar-refractivity contribution in [3.63, 3.8) is 0 Å². The van der Waals surface area contributed by atoms with Crippen LogP contribution in [0.25, 0.3) is 10.9 Å². The first kappa shape index (κ1) is 24.6. The lowest BCUT2D eigenvalue weighted by atomic mass is 10.1. The SMILES string of the molecule is CCOP(=O)(Cc1ccc(C(=O)N[C@@H](Cc2ccc3ccccc3n2)C(N)=O)cc1)OCC. The Morgan fingerprint density at radius 3 is 2.30 bits per heavy atom. The molecule has 0 fully saturated rings. The van der Waals surface area contributed by atoms with Crippen LogP contribution in [0.1, 0.15) is 35.5 Å². The molecule has 0 saturated carbocycles. The van der Waals surface area contributed by atoms with E-state index in [4.69, 9.17) is 14.8 Å². The van der Waals surface area contributed by atoms with Gasteiger partial charge in [-0.3, -0.25) is 19.1 Å². The number of nitrogens with zero attached hydrogens (tertiary/aromatic N) is 1. The monoisotopic (exact) mass is 469 g/mol. The lowest BCUT2D eigenvalue weighted by molar-refractivity contribution is -0.119. The van der Waals surface area contributed by atoms with E-state index in [1.54, 1.807) is 38.1 Å². The molecule has 33 heavy (non-hydrogen) atoms. The average Bonchev–Trinajstić information content (AvgIpc) is 2.79. The number of aromatic nitrogens is 1. The number of fused-ring (bicyclic) bond motifs is 1. The van der Waals surface area contributed by atoms with Crippen molar-refractivity contribution in [1.82, 2.24) is 10.3 Å². The quantitative estimate of drug-likeness (QED) is 0.412. The summed E-state index contributed by atoms with van der Waals surface area (Å²) < 4.78 is 23.3. The first-order chi connectivity index (χ1) is 15.8. The van der Waals surface area contributed by atoms with Gasteiger partial charge in [-0.25, -0.2) is 0 Å². The zero-order valence-corrected chi connectivity index (χ0v) is 19.6. The molecule has 0 aliphatic carbocycles. The van der Waals surface area contributed by atoms with E-state index in [1.807, 2.05) is 36.4 Å². The summed E-state index contributed by atoms with van der Waals surface area (Å²) in [5.74, 6) is -1.09. The first-order valence-electron chi connectivity index (χ1n) is 10.8. The van der Waals surface area contributed by atoms with Gasteiger partial charge in [0, 0.05) is 23.1 Å². The predicted octanol–water partition coefficient (Wildman–Crippen LogP) is 3.83. The summed E-state index contributed by atoms with van der Waals surface area (Å²) >= 11 is 0. The number of carbonyl (C=O) groups is 2. The number of nitrogens with two attached hydrogens (primary N) is 1. The molecule has 0 radical (unpaired) electrons. The molecular formula is C24H28N3O5P. The van der Waals surface area contributed by atoms with E-state index in [1.165, 1.54) is 0 Å². The largest absolute Gasteiger partial charge is 0.368 e. The summed E-state index contributed by atoms with van der Waals surface area (Å²) in [7, 11) is -3.24. The minimum absolute atomic E-state index is 0.105. The molecule has 0 unspecified atom stereocenters. The van der Waals surface area contributed by atoms with E-state index in [-0.39, 0.29) is 25.8 Å². The summed E-state index contributed by atoms with van der Waals surface area (Å²) in [5, 5.41) is 3.67. The van der Waals surface area contributed by atoms with Gasteiger partial charge in [0.1, 0.15) is 6.04 Å². The van der Waals surface area contributed by atoms with Crippen molar-refractivity contribution in [1.29, 1.82) is 0 Å². The maximum atomic E-state index is 12.7. The highest BCUT2D eigenvalue weighted by Gasteiger charge is 2.24. The number of pyridine rings is 1. The van der Waals surface area contributed by atoms with Crippen LogP contribution in [-0.4, -0.2) is 36.1 Å². The molecule has 174 valence electrons. The molecular weight excluding hydrogens is 441 g/mol. The van der Waals surface area contributed by atoms with Crippen LogP contribution in [0.5, 0.6) is 0 Å². The van der Waals surface area contributed by atoms with Crippen molar-refractivity contribution >= 4 is 30.3 Å². The van der Waals surface area contributed by atoms with Crippen LogP contribution in [0, 0.1) is 0 Å². The summed E-state index contributed by atoms with van der Waals surface area (Å²) in [4.78, 5) is 29.3. The molecule has 0 aliphatic rings. The van der Waals surface area contributed by atoms with Crippen LogP contribution in [0.2, 0.25) is 0 Å². The van der Waals surface area contributed by atoms with Gasteiger partial charge in [0.25, 0.3) is 5.91 Å². The molecule has 0 saturated heterocycles. The van der Waals surface area contributed by atoms with E-state index in [0.29, 0.717) is 16.8 Å². The van der Waals surface area contributed by atoms with Crippen molar-refractivity contribution in [2.24, 2.45) is 5.73 Å². The summed E-state index contributed by atoms with van der Waals surface area (Å²) in [6, 6.07) is 17.0. The topological polar surface area (TPSA) is 121 Å². The van der Waals surface area contributed by atoms with E-state index in [2.05, 4.69) is 10.3 Å². The van der Waals surface area contributed by atoms with Gasteiger partial charge in [-0.15, -0.1) is 0 Å². The molecule has 1 heterocycles. The second-order valence-electron chi connectivity index (χ2n) is 7.43. The molecule has 8 nitrogen and oxygen atoms in total. The Kier molecular flexibility index (Phi) is 8.33. The van der Waals surface area contributed by atoms with Crippen LogP contribution >= 0.6 is 7.60 Å². The Hall–Kier alpha value is -3.06. The van der Waals surface area contributed by atoms with Crippen LogP contribution in [0.4, 0.5) is 0 Å². The third kappa shape index (κ3) is 6.71. The summed E-state index contributed by atoms with van der Waals surface area (Å²) in [6.45, 7) is 4.06. The van der Waals surface area contributed by atoms with Gasteiger partial charge in [-0.2, -0.15) is 0 Å². The van der Waals surface area contributed by atoms with E-state index >= 15 is 0 Å². The number of hydrogen-bond acceptors (Lipinski definition) is 6. The normalized spacial score (nSPS) is 12.4. The Morgan fingerprint density at radius 2 is 1.67 bits per heavy atom. The Balaban J connectivity index is 1.68. The molecule has 0 aliphatic heterocycles. The van der Waals surface area contributed by atoms with Crippen molar-refractivity contribution < 1.29 is 23.2 Å². The number of hydrogen-bond donors (Lipinski definition) is 2. The van der Waals surface area contributed by atoms with Crippen LogP contribution in [0.3, 0.4) is 0 Å². The number of nitrogens with one attached hydrogen (secondary N) is 1. The highest BCUT2D eigenvalue weighted by atomic mass is 31.2. The second kappa shape index (κ2) is 11.2. The Bertz CT molecular complexity index is 1160. The van der Waals surface area contributed by atoms with Gasteiger partial charge in [-0.1, -0.05) is 36.4 Å². The standard InChI is InChI=1S/C24H28N3O5P/c1-3-31-33(30,32-4-2)16-17-9-11-19(12-10-17)24(29)27-22(23(25)28)15-20-14-13-18-7-5-6-8-21(18)26-20/h5-14,22H,3-4,15-16H2,1-2H3,(H2,25,28)(H,27,29)/t22-/m0/s1. The molecule has 3 aromatic rings. The fourth-order valence-corrected chi connectivity index (χ4v) is 5.10. The summed E-state index contributed by atoms with van der Waals surface area (Å²) in [5.41, 5.74) is 8.04. The maximum absolute atomic E-state index is 12.7. The molecule has 9 heteroatoms. The van der Waals surface area contributed by atoms with Crippen molar-refractivity contribution in [3.8, 4) is 0 Å². The summed E-state index contributed by atoms with van der Waals surface area (Å²) in [6.07, 6.45) is 0.282. The molecule has 2 aromatic carbocycles. The number of para-hydroxylation sites is 1. The highest BCUT2D eigenvalue weighted by molar-refractivity contribution is 7.53. The van der Waals surface area contributed by atoms with Gasteiger partial charge in [0.15, 0.2) is 0 Å². The smallest absolute Gasteiger partial charge is 0.335 e. The average molecular weight is 469 g/mol. The van der Waals surface area contributed by atoms with Crippen LogP contribution in [-0.2, 0) is 31.0 Å². The zero-order chi connectivity index (χ0) is 23.8. The second-order valence-corrected chi connectivity index (χ2v) is 9.48. The minimum Gasteiger partial charge on any atom is -0.368 e. The van der Waals surface area contributed by atoms with Gasteiger partial charge in [0.2, 0.25) is 5.91 Å². The molecule has 1 atom stereocenters. The number of benzene rings is 2. The molecule has 3 rings (SSSR count). The number of rotatable bonds is 11. The predicted molar refractivity (Wildman–Crippen MR) is 127 cm³/mol. The van der Waals surface area contributed by atoms with Crippen molar-refractivity contribution in [2.45, 2.75) is 32.5 Å². The number of amides is 2. The molecule has 0 bridgehead atoms. The van der Waals surface area contributed by atoms with Crippen molar-refractivity contribution in [3.05, 3.63) is 77.5 Å². The van der Waals surface area contributed by atoms with E-state index in [0.717, 1.165) is 10.9 Å². The van der Waals surface area contributed by atoms with Crippen LogP contribution in [0.15, 0.2) is 60.7 Å². The zero-order valence-electron chi connectivity index (χ0n) is 18.7. The molecule has 2 amide bonds. The minimum atomic E-state index is -3.24. The fraction of sp³-hybridized carbons (Fsp3) is 0.292. The van der Waals surface area contributed by atoms with E-state index < -0.39 is 25.5 Å². The highest BCUT2D eigenvalue weighted by Crippen LogP contribution is 2.51.